The summed E-state index contributed by atoms with van der Waals surface area (Å²) in [5, 5.41) is 21.7. The Morgan fingerprint density at radius 2 is 1.95 bits per heavy atom. The van der Waals surface area contributed by atoms with Crippen LogP contribution in [0, 0.1) is 10.1 Å². The highest BCUT2D eigenvalue weighted by Gasteiger charge is 2.26. The van der Waals surface area contributed by atoms with Gasteiger partial charge in [0.25, 0.3) is 11.6 Å². The predicted molar refractivity (Wildman–Crippen MR) is 71.8 cm³/mol. The van der Waals surface area contributed by atoms with E-state index in [1.807, 2.05) is 20.8 Å². The van der Waals surface area contributed by atoms with Crippen molar-refractivity contribution < 1.29 is 19.6 Å². The molecule has 1 aromatic rings. The summed E-state index contributed by atoms with van der Waals surface area (Å²) < 4.78 is 0. The molecule has 2 N–H and O–H groups in total. The van der Waals surface area contributed by atoms with Crippen LogP contribution in [0.3, 0.4) is 0 Å². The Morgan fingerprint density at radius 1 is 1.35 bits per heavy atom. The Labute approximate surface area is 115 Å². The van der Waals surface area contributed by atoms with E-state index in [4.69, 9.17) is 5.11 Å². The summed E-state index contributed by atoms with van der Waals surface area (Å²) in [6.07, 6.45) is 0. The molecular formula is C13H16N2O5. The average Bonchev–Trinajstić information content (AvgIpc) is 2.33. The van der Waals surface area contributed by atoms with Crippen molar-refractivity contribution >= 4 is 17.6 Å². The van der Waals surface area contributed by atoms with Crippen LogP contribution in [0.2, 0.25) is 0 Å². The number of nitrogens with zero attached hydrogens (tertiary/aromatic N) is 1. The summed E-state index contributed by atoms with van der Waals surface area (Å²) in [5.41, 5.74) is -0.0120. The Bertz CT molecular complexity index is 560. The number of nitrogens with one attached hydrogen (secondary N) is 1. The number of carboxylic acid groups (broad SMARTS) is 1. The number of carbonyl (C=O) groups excluding carboxylic acids is 1. The Kier molecular flexibility index (Phi) is 4.44. The average molecular weight is 280 g/mol. The van der Waals surface area contributed by atoms with E-state index in [9.17, 15) is 19.7 Å². The summed E-state index contributed by atoms with van der Waals surface area (Å²) in [6.45, 7) is 4.96. The number of carboxylic acids is 1. The molecule has 0 atom stereocenters. The van der Waals surface area contributed by atoms with Crippen molar-refractivity contribution in [3.8, 4) is 0 Å². The van der Waals surface area contributed by atoms with Gasteiger partial charge in [-0.05, 0) is 11.5 Å². The van der Waals surface area contributed by atoms with Crippen molar-refractivity contribution in [1.29, 1.82) is 0 Å². The van der Waals surface area contributed by atoms with Gasteiger partial charge in [-0.1, -0.05) is 26.8 Å². The fourth-order valence-corrected chi connectivity index (χ4v) is 1.72. The van der Waals surface area contributed by atoms with E-state index in [0.29, 0.717) is 5.56 Å². The third-order valence-electron chi connectivity index (χ3n) is 2.66. The molecule has 0 aliphatic heterocycles. The molecule has 108 valence electrons. The number of nitro groups is 1. The fourth-order valence-electron chi connectivity index (χ4n) is 1.72. The maximum absolute atomic E-state index is 11.7. The molecule has 1 amide bonds. The molecule has 1 rings (SSSR count). The maximum Gasteiger partial charge on any atom is 0.322 e. The number of benzene rings is 1. The normalized spacial score (nSPS) is 10.9. The first-order valence-electron chi connectivity index (χ1n) is 5.92. The molecule has 0 heterocycles. The quantitative estimate of drug-likeness (QED) is 0.644. The lowest BCUT2D eigenvalue weighted by Crippen LogP contribution is -2.29. The molecule has 0 aliphatic rings. The first-order chi connectivity index (χ1) is 9.12. The van der Waals surface area contributed by atoms with E-state index >= 15 is 0 Å². The molecule has 20 heavy (non-hydrogen) atoms. The van der Waals surface area contributed by atoms with Crippen LogP contribution in [0.1, 0.15) is 36.7 Å². The molecule has 0 spiro atoms. The van der Waals surface area contributed by atoms with E-state index < -0.39 is 28.8 Å². The maximum atomic E-state index is 11.7. The van der Waals surface area contributed by atoms with E-state index in [0.717, 1.165) is 6.07 Å². The van der Waals surface area contributed by atoms with Gasteiger partial charge in [0.15, 0.2) is 0 Å². The van der Waals surface area contributed by atoms with Crippen molar-refractivity contribution in [2.24, 2.45) is 0 Å². The first kappa shape index (κ1) is 15.6. The van der Waals surface area contributed by atoms with Gasteiger partial charge in [-0.25, -0.2) is 0 Å². The topological polar surface area (TPSA) is 110 Å². The van der Waals surface area contributed by atoms with Crippen LogP contribution in [0.25, 0.3) is 0 Å². The van der Waals surface area contributed by atoms with Gasteiger partial charge in [-0.15, -0.1) is 0 Å². The molecule has 0 fully saturated rings. The van der Waals surface area contributed by atoms with Gasteiger partial charge in [0.05, 0.1) is 4.92 Å². The van der Waals surface area contributed by atoms with Crippen LogP contribution >= 0.6 is 0 Å². The number of aliphatic carboxylic acids is 1. The van der Waals surface area contributed by atoms with Crippen LogP contribution in [0.15, 0.2) is 18.2 Å². The number of hydrogen-bond donors (Lipinski definition) is 2. The summed E-state index contributed by atoms with van der Waals surface area (Å²) in [4.78, 5) is 32.6. The van der Waals surface area contributed by atoms with E-state index in [2.05, 4.69) is 5.32 Å². The summed E-state index contributed by atoms with van der Waals surface area (Å²) >= 11 is 0. The summed E-state index contributed by atoms with van der Waals surface area (Å²) in [6, 6.07) is 4.14. The van der Waals surface area contributed by atoms with Crippen LogP contribution in [0.5, 0.6) is 0 Å². The molecule has 0 radical (unpaired) electrons. The molecule has 0 unspecified atom stereocenters. The molecule has 7 nitrogen and oxygen atoms in total. The molecule has 1 aromatic carbocycles. The van der Waals surface area contributed by atoms with Crippen LogP contribution < -0.4 is 5.32 Å². The second-order valence-corrected chi connectivity index (χ2v) is 5.32. The second-order valence-electron chi connectivity index (χ2n) is 5.32. The Hall–Kier alpha value is -2.44. The third-order valence-corrected chi connectivity index (χ3v) is 2.66. The molecule has 0 aromatic heterocycles. The predicted octanol–water partition coefficient (Wildman–Crippen LogP) is 1.71. The largest absolute Gasteiger partial charge is 0.480 e. The van der Waals surface area contributed by atoms with Crippen molar-refractivity contribution in [3.05, 3.63) is 39.4 Å². The number of nitro benzene ring substituents is 1. The number of carbonyl (C=O) groups is 2. The molecule has 0 saturated heterocycles. The smallest absolute Gasteiger partial charge is 0.322 e. The lowest BCUT2D eigenvalue weighted by Gasteiger charge is -2.19. The van der Waals surface area contributed by atoms with Gasteiger partial charge in [0.1, 0.15) is 6.54 Å². The molecule has 0 bridgehead atoms. The minimum Gasteiger partial charge on any atom is -0.480 e. The van der Waals surface area contributed by atoms with Crippen LogP contribution in [-0.4, -0.2) is 28.5 Å². The third kappa shape index (κ3) is 3.78. The highest BCUT2D eigenvalue weighted by Crippen LogP contribution is 2.31. The molecule has 0 saturated carbocycles. The van der Waals surface area contributed by atoms with Crippen molar-refractivity contribution in [1.82, 2.24) is 5.32 Å². The van der Waals surface area contributed by atoms with Gasteiger partial charge in [0.2, 0.25) is 0 Å². The SMILES string of the molecule is CC(C)(C)c1ccc(C(=O)NCC(=O)O)cc1[N+](=O)[O-]. The fraction of sp³-hybridized carbons (Fsp3) is 0.385. The zero-order valence-electron chi connectivity index (χ0n) is 11.5. The van der Waals surface area contributed by atoms with E-state index in [1.54, 1.807) is 0 Å². The number of amides is 1. The minimum atomic E-state index is -1.18. The summed E-state index contributed by atoms with van der Waals surface area (Å²) in [7, 11) is 0. The van der Waals surface area contributed by atoms with E-state index in [1.165, 1.54) is 12.1 Å². The molecule has 0 aliphatic carbocycles. The van der Waals surface area contributed by atoms with Crippen molar-refractivity contribution in [3.63, 3.8) is 0 Å². The molecular weight excluding hydrogens is 264 g/mol. The first-order valence-corrected chi connectivity index (χ1v) is 5.92. The van der Waals surface area contributed by atoms with Gasteiger partial charge in [-0.2, -0.15) is 0 Å². The highest BCUT2D eigenvalue weighted by atomic mass is 16.6. The second kappa shape index (κ2) is 5.68. The van der Waals surface area contributed by atoms with Gasteiger partial charge < -0.3 is 10.4 Å². The monoisotopic (exact) mass is 280 g/mol. The lowest BCUT2D eigenvalue weighted by molar-refractivity contribution is -0.386. The number of hydrogen-bond acceptors (Lipinski definition) is 4. The zero-order valence-corrected chi connectivity index (χ0v) is 11.5. The standard InChI is InChI=1S/C13H16N2O5/c1-13(2,3)9-5-4-8(6-10(9)15(19)20)12(18)14-7-11(16)17/h4-6H,7H2,1-3H3,(H,14,18)(H,16,17). The van der Waals surface area contributed by atoms with Crippen LogP contribution in [-0.2, 0) is 10.2 Å². The van der Waals surface area contributed by atoms with Gasteiger partial charge in [-0.3, -0.25) is 19.7 Å². The van der Waals surface area contributed by atoms with Crippen LogP contribution in [0.4, 0.5) is 5.69 Å². The van der Waals surface area contributed by atoms with Gasteiger partial charge in [0, 0.05) is 17.2 Å². The van der Waals surface area contributed by atoms with Crippen molar-refractivity contribution in [2.75, 3.05) is 6.54 Å². The van der Waals surface area contributed by atoms with E-state index in [-0.39, 0.29) is 11.3 Å². The highest BCUT2D eigenvalue weighted by molar-refractivity contribution is 5.96. The number of rotatable bonds is 4. The van der Waals surface area contributed by atoms with Crippen molar-refractivity contribution in [2.45, 2.75) is 26.2 Å². The summed E-state index contributed by atoms with van der Waals surface area (Å²) in [5.74, 6) is -1.84. The zero-order chi connectivity index (χ0) is 15.5. The molecule has 7 heteroatoms. The lowest BCUT2D eigenvalue weighted by atomic mass is 9.85. The Balaban J connectivity index is 3.14. The minimum absolute atomic E-state index is 0.0611. The Morgan fingerprint density at radius 3 is 2.40 bits per heavy atom. The van der Waals surface area contributed by atoms with Gasteiger partial charge >= 0.3 is 5.97 Å².